The zero-order valence-electron chi connectivity index (χ0n) is 12.6. The van der Waals surface area contributed by atoms with Gasteiger partial charge in [0.1, 0.15) is 12.4 Å². The van der Waals surface area contributed by atoms with Crippen LogP contribution in [0.5, 0.6) is 5.75 Å². The second-order valence-corrected chi connectivity index (χ2v) is 5.81. The predicted molar refractivity (Wildman–Crippen MR) is 89.1 cm³/mol. The van der Waals surface area contributed by atoms with Crippen LogP contribution in [0.25, 0.3) is 0 Å². The quantitative estimate of drug-likeness (QED) is 0.815. The SMILES string of the molecule is CC(C)NCCc1ccccc1COc1ccc(Cl)cc1. The van der Waals surface area contributed by atoms with E-state index in [-0.39, 0.29) is 0 Å². The van der Waals surface area contributed by atoms with Crippen molar-refractivity contribution < 1.29 is 4.74 Å². The average Bonchev–Trinajstić information content (AvgIpc) is 2.47. The molecular formula is C18H22ClNO. The van der Waals surface area contributed by atoms with Gasteiger partial charge in [-0.2, -0.15) is 0 Å². The van der Waals surface area contributed by atoms with Gasteiger partial charge < -0.3 is 10.1 Å². The topological polar surface area (TPSA) is 21.3 Å². The van der Waals surface area contributed by atoms with Crippen LogP contribution < -0.4 is 10.1 Å². The zero-order chi connectivity index (χ0) is 15.1. The van der Waals surface area contributed by atoms with Crippen molar-refractivity contribution >= 4 is 11.6 Å². The van der Waals surface area contributed by atoms with Crippen molar-refractivity contribution in [3.63, 3.8) is 0 Å². The van der Waals surface area contributed by atoms with Gasteiger partial charge in [0.25, 0.3) is 0 Å². The molecule has 2 rings (SSSR count). The van der Waals surface area contributed by atoms with Crippen LogP contribution >= 0.6 is 11.6 Å². The minimum absolute atomic E-state index is 0.516. The summed E-state index contributed by atoms with van der Waals surface area (Å²) in [6, 6.07) is 16.4. The summed E-state index contributed by atoms with van der Waals surface area (Å²) in [4.78, 5) is 0. The van der Waals surface area contributed by atoms with Crippen molar-refractivity contribution in [2.24, 2.45) is 0 Å². The fourth-order valence-electron chi connectivity index (χ4n) is 2.13. The van der Waals surface area contributed by atoms with E-state index in [0.29, 0.717) is 12.6 Å². The lowest BCUT2D eigenvalue weighted by Gasteiger charge is -2.13. The molecule has 0 aromatic heterocycles. The normalized spacial score (nSPS) is 10.9. The molecule has 0 radical (unpaired) electrons. The Balaban J connectivity index is 1.94. The molecule has 0 heterocycles. The first-order chi connectivity index (χ1) is 10.1. The Morgan fingerprint density at radius 1 is 1.00 bits per heavy atom. The molecule has 0 aliphatic carbocycles. The molecule has 112 valence electrons. The predicted octanol–water partition coefficient (Wildman–Crippen LogP) is 4.46. The Bertz CT molecular complexity index is 551. The molecule has 0 spiro atoms. The molecule has 3 heteroatoms. The van der Waals surface area contributed by atoms with E-state index in [9.17, 15) is 0 Å². The van der Waals surface area contributed by atoms with Crippen LogP contribution in [0.4, 0.5) is 0 Å². The molecule has 1 N–H and O–H groups in total. The molecule has 0 atom stereocenters. The number of nitrogens with one attached hydrogen (secondary N) is 1. The third-order valence-electron chi connectivity index (χ3n) is 3.27. The van der Waals surface area contributed by atoms with Crippen LogP contribution in [0.3, 0.4) is 0 Å². The van der Waals surface area contributed by atoms with Crippen molar-refractivity contribution in [3.8, 4) is 5.75 Å². The molecule has 0 bridgehead atoms. The molecule has 0 amide bonds. The van der Waals surface area contributed by atoms with Crippen molar-refractivity contribution in [3.05, 3.63) is 64.7 Å². The highest BCUT2D eigenvalue weighted by Gasteiger charge is 2.03. The Kier molecular flexibility index (Phi) is 6.09. The molecule has 21 heavy (non-hydrogen) atoms. The molecule has 0 aliphatic rings. The number of benzene rings is 2. The zero-order valence-corrected chi connectivity index (χ0v) is 13.4. The first kappa shape index (κ1) is 15.9. The Hall–Kier alpha value is -1.51. The van der Waals surface area contributed by atoms with Crippen LogP contribution in [-0.2, 0) is 13.0 Å². The molecule has 0 fully saturated rings. The van der Waals surface area contributed by atoms with E-state index in [1.165, 1.54) is 11.1 Å². The van der Waals surface area contributed by atoms with E-state index in [2.05, 4.69) is 43.4 Å². The molecule has 0 saturated carbocycles. The largest absolute Gasteiger partial charge is 0.489 e. The van der Waals surface area contributed by atoms with E-state index in [4.69, 9.17) is 16.3 Å². The Morgan fingerprint density at radius 2 is 1.67 bits per heavy atom. The second kappa shape index (κ2) is 8.06. The van der Waals surface area contributed by atoms with Crippen molar-refractivity contribution in [2.75, 3.05) is 6.54 Å². The second-order valence-electron chi connectivity index (χ2n) is 5.37. The summed E-state index contributed by atoms with van der Waals surface area (Å²) in [7, 11) is 0. The third-order valence-corrected chi connectivity index (χ3v) is 3.53. The van der Waals surface area contributed by atoms with Gasteiger partial charge in [0.15, 0.2) is 0 Å². The van der Waals surface area contributed by atoms with Gasteiger partial charge in [0.05, 0.1) is 0 Å². The smallest absolute Gasteiger partial charge is 0.119 e. The fraction of sp³-hybridized carbons (Fsp3) is 0.333. The summed E-state index contributed by atoms with van der Waals surface area (Å²) in [5.41, 5.74) is 2.57. The van der Waals surface area contributed by atoms with Crippen LogP contribution in [0.2, 0.25) is 5.02 Å². The molecular weight excluding hydrogens is 282 g/mol. The maximum absolute atomic E-state index is 5.87. The van der Waals surface area contributed by atoms with Gasteiger partial charge in [-0.05, 0) is 48.4 Å². The first-order valence-electron chi connectivity index (χ1n) is 7.33. The number of halogens is 1. The van der Waals surface area contributed by atoms with E-state index in [0.717, 1.165) is 23.7 Å². The van der Waals surface area contributed by atoms with E-state index >= 15 is 0 Å². The van der Waals surface area contributed by atoms with Gasteiger partial charge in [-0.15, -0.1) is 0 Å². The molecule has 0 saturated heterocycles. The fourth-order valence-corrected chi connectivity index (χ4v) is 2.26. The number of hydrogen-bond acceptors (Lipinski definition) is 2. The summed E-state index contributed by atoms with van der Waals surface area (Å²) in [6.07, 6.45) is 1.01. The van der Waals surface area contributed by atoms with Gasteiger partial charge in [-0.1, -0.05) is 49.7 Å². The first-order valence-corrected chi connectivity index (χ1v) is 7.71. The lowest BCUT2D eigenvalue weighted by molar-refractivity contribution is 0.305. The summed E-state index contributed by atoms with van der Waals surface area (Å²) >= 11 is 5.87. The Morgan fingerprint density at radius 3 is 2.33 bits per heavy atom. The van der Waals surface area contributed by atoms with Crippen molar-refractivity contribution in [1.29, 1.82) is 0 Å². The van der Waals surface area contributed by atoms with Crippen LogP contribution in [0.1, 0.15) is 25.0 Å². The van der Waals surface area contributed by atoms with Gasteiger partial charge in [0.2, 0.25) is 0 Å². The number of ether oxygens (including phenoxy) is 1. The summed E-state index contributed by atoms with van der Waals surface area (Å²) in [5, 5.41) is 4.17. The van der Waals surface area contributed by atoms with Crippen LogP contribution in [0, 0.1) is 0 Å². The third kappa shape index (κ3) is 5.41. The maximum atomic E-state index is 5.87. The summed E-state index contributed by atoms with van der Waals surface area (Å²) in [6.45, 7) is 5.89. The molecule has 0 aliphatic heterocycles. The number of rotatable bonds is 7. The highest BCUT2D eigenvalue weighted by atomic mass is 35.5. The van der Waals surface area contributed by atoms with Gasteiger partial charge >= 0.3 is 0 Å². The molecule has 2 nitrogen and oxygen atoms in total. The van der Waals surface area contributed by atoms with Crippen LogP contribution in [-0.4, -0.2) is 12.6 Å². The van der Waals surface area contributed by atoms with Crippen molar-refractivity contribution in [2.45, 2.75) is 32.9 Å². The molecule has 2 aromatic rings. The monoisotopic (exact) mass is 303 g/mol. The van der Waals surface area contributed by atoms with E-state index < -0.39 is 0 Å². The highest BCUT2D eigenvalue weighted by Crippen LogP contribution is 2.18. The minimum Gasteiger partial charge on any atom is -0.489 e. The van der Waals surface area contributed by atoms with Crippen molar-refractivity contribution in [1.82, 2.24) is 5.32 Å². The lowest BCUT2D eigenvalue weighted by atomic mass is 10.1. The molecule has 0 unspecified atom stereocenters. The Labute approximate surface area is 132 Å². The van der Waals surface area contributed by atoms with Gasteiger partial charge in [-0.25, -0.2) is 0 Å². The lowest BCUT2D eigenvalue weighted by Crippen LogP contribution is -2.25. The maximum Gasteiger partial charge on any atom is 0.119 e. The van der Waals surface area contributed by atoms with Crippen LogP contribution in [0.15, 0.2) is 48.5 Å². The summed E-state index contributed by atoms with van der Waals surface area (Å²) in [5.74, 6) is 0.842. The van der Waals surface area contributed by atoms with E-state index in [1.54, 1.807) is 0 Å². The number of hydrogen-bond donors (Lipinski definition) is 1. The highest BCUT2D eigenvalue weighted by molar-refractivity contribution is 6.30. The van der Waals surface area contributed by atoms with E-state index in [1.807, 2.05) is 24.3 Å². The van der Waals surface area contributed by atoms with Gasteiger partial charge in [0, 0.05) is 11.1 Å². The molecule has 2 aromatic carbocycles. The summed E-state index contributed by atoms with van der Waals surface area (Å²) < 4.78 is 5.84. The standard InChI is InChI=1S/C18H22ClNO/c1-14(2)20-12-11-15-5-3-4-6-16(15)13-21-18-9-7-17(19)8-10-18/h3-10,14,20H,11-13H2,1-2H3. The average molecular weight is 304 g/mol. The van der Waals surface area contributed by atoms with Gasteiger partial charge in [-0.3, -0.25) is 0 Å². The minimum atomic E-state index is 0.516.